The maximum Gasteiger partial charge on any atom is 0.165 e. The van der Waals surface area contributed by atoms with Gasteiger partial charge in [0.1, 0.15) is 0 Å². The van der Waals surface area contributed by atoms with E-state index in [1.165, 1.54) is 18.7 Å². The summed E-state index contributed by atoms with van der Waals surface area (Å²) < 4.78 is 18.6. The Morgan fingerprint density at radius 1 is 1.00 bits per heavy atom. The molecule has 2 aromatic carbocycles. The summed E-state index contributed by atoms with van der Waals surface area (Å²) in [7, 11) is 1.48. The number of aryl methyl sites for hydroxylation is 1. The lowest BCUT2D eigenvalue weighted by atomic mass is 10.0. The molecule has 0 saturated carbocycles. The topological polar surface area (TPSA) is 9.23 Å². The van der Waals surface area contributed by atoms with Gasteiger partial charge in [-0.25, -0.2) is 4.39 Å². The highest BCUT2D eigenvalue weighted by molar-refractivity contribution is 5.70. The number of halogens is 1. The van der Waals surface area contributed by atoms with Gasteiger partial charge in [0.05, 0.1) is 7.11 Å². The highest BCUT2D eigenvalue weighted by Gasteiger charge is 2.09. The molecule has 82 valence electrons. The van der Waals surface area contributed by atoms with Crippen LogP contribution in [0.4, 0.5) is 4.39 Å². The fraction of sp³-hybridized carbons (Fsp3) is 0.143. The molecule has 16 heavy (non-hydrogen) atoms. The number of rotatable bonds is 2. The number of methoxy groups -OCH3 is 1. The lowest BCUT2D eigenvalue weighted by Crippen LogP contribution is -1.91. The van der Waals surface area contributed by atoms with E-state index in [4.69, 9.17) is 4.74 Å². The van der Waals surface area contributed by atoms with Crippen LogP contribution < -0.4 is 4.74 Å². The fourth-order valence-corrected chi connectivity index (χ4v) is 1.68. The lowest BCUT2D eigenvalue weighted by molar-refractivity contribution is 0.388. The summed E-state index contributed by atoms with van der Waals surface area (Å²) in [4.78, 5) is 0. The fourth-order valence-electron chi connectivity index (χ4n) is 1.68. The summed E-state index contributed by atoms with van der Waals surface area (Å²) >= 11 is 0. The predicted octanol–water partition coefficient (Wildman–Crippen LogP) is 3.81. The minimum absolute atomic E-state index is 0.298. The molecular weight excluding hydrogens is 203 g/mol. The Kier molecular flexibility index (Phi) is 2.91. The average molecular weight is 216 g/mol. The molecule has 0 fully saturated rings. The van der Waals surface area contributed by atoms with Crippen LogP contribution in [-0.2, 0) is 0 Å². The van der Waals surface area contributed by atoms with Gasteiger partial charge < -0.3 is 4.74 Å². The van der Waals surface area contributed by atoms with E-state index in [0.717, 1.165) is 11.1 Å². The molecule has 0 amide bonds. The van der Waals surface area contributed by atoms with Gasteiger partial charge in [0, 0.05) is 5.56 Å². The zero-order chi connectivity index (χ0) is 11.5. The van der Waals surface area contributed by atoms with Gasteiger partial charge in [-0.3, -0.25) is 0 Å². The molecule has 0 N–H and O–H groups in total. The average Bonchev–Trinajstić information content (AvgIpc) is 2.30. The third-order valence-corrected chi connectivity index (χ3v) is 2.53. The van der Waals surface area contributed by atoms with Gasteiger partial charge in [-0.15, -0.1) is 0 Å². The Labute approximate surface area is 94.5 Å². The largest absolute Gasteiger partial charge is 0.493 e. The Hall–Kier alpha value is -1.83. The van der Waals surface area contributed by atoms with Gasteiger partial charge >= 0.3 is 0 Å². The van der Waals surface area contributed by atoms with Crippen molar-refractivity contribution in [2.24, 2.45) is 0 Å². The zero-order valence-electron chi connectivity index (χ0n) is 9.33. The van der Waals surface area contributed by atoms with Crippen molar-refractivity contribution < 1.29 is 9.13 Å². The summed E-state index contributed by atoms with van der Waals surface area (Å²) in [5, 5.41) is 0. The molecule has 2 rings (SSSR count). The van der Waals surface area contributed by atoms with Gasteiger partial charge in [-0.05, 0) is 18.6 Å². The van der Waals surface area contributed by atoms with Crippen LogP contribution in [0.1, 0.15) is 5.56 Å². The van der Waals surface area contributed by atoms with E-state index in [1.54, 1.807) is 6.07 Å². The summed E-state index contributed by atoms with van der Waals surface area (Å²) in [6.45, 7) is 2.02. The molecule has 0 atom stereocenters. The maximum absolute atomic E-state index is 13.5. The van der Waals surface area contributed by atoms with Gasteiger partial charge in [-0.2, -0.15) is 0 Å². The molecule has 2 heteroatoms. The van der Waals surface area contributed by atoms with E-state index in [9.17, 15) is 4.39 Å². The smallest absolute Gasteiger partial charge is 0.165 e. The molecule has 0 aromatic heterocycles. The first-order valence-electron chi connectivity index (χ1n) is 5.12. The first kappa shape index (κ1) is 10.7. The van der Waals surface area contributed by atoms with Crippen molar-refractivity contribution in [3.05, 3.63) is 53.8 Å². The van der Waals surface area contributed by atoms with Crippen LogP contribution in [0.2, 0.25) is 0 Å². The molecule has 0 radical (unpaired) electrons. The summed E-state index contributed by atoms with van der Waals surface area (Å²) in [5.74, 6) is -0.0353. The number of para-hydroxylation sites is 1. The zero-order valence-corrected chi connectivity index (χ0v) is 9.33. The molecule has 0 unspecified atom stereocenters. The van der Waals surface area contributed by atoms with Crippen LogP contribution in [0.5, 0.6) is 5.75 Å². The molecule has 0 spiro atoms. The first-order chi connectivity index (χ1) is 7.72. The van der Waals surface area contributed by atoms with Crippen molar-refractivity contribution in [3.8, 4) is 16.9 Å². The SMILES string of the molecule is COc1c(F)cccc1-c1ccc(C)cc1. The Balaban J connectivity index is 2.55. The molecule has 2 aromatic rings. The van der Waals surface area contributed by atoms with Gasteiger partial charge in [0.25, 0.3) is 0 Å². The van der Waals surface area contributed by atoms with Crippen LogP contribution in [0.3, 0.4) is 0 Å². The van der Waals surface area contributed by atoms with E-state index in [-0.39, 0.29) is 5.82 Å². The Morgan fingerprint density at radius 3 is 2.31 bits per heavy atom. The van der Waals surface area contributed by atoms with Gasteiger partial charge in [0.2, 0.25) is 0 Å². The molecule has 1 nitrogen and oxygen atoms in total. The van der Waals surface area contributed by atoms with Gasteiger partial charge in [-0.1, -0.05) is 42.0 Å². The van der Waals surface area contributed by atoms with Crippen LogP contribution in [0.25, 0.3) is 11.1 Å². The van der Waals surface area contributed by atoms with Crippen molar-refractivity contribution in [2.75, 3.05) is 7.11 Å². The second-order valence-electron chi connectivity index (χ2n) is 3.69. The van der Waals surface area contributed by atoms with Gasteiger partial charge in [0.15, 0.2) is 11.6 Å². The Bertz CT molecular complexity index is 489. The van der Waals surface area contributed by atoms with Crippen LogP contribution >= 0.6 is 0 Å². The van der Waals surface area contributed by atoms with Crippen LogP contribution in [0.15, 0.2) is 42.5 Å². The van der Waals surface area contributed by atoms with E-state index in [1.807, 2.05) is 37.3 Å². The molecule has 0 heterocycles. The predicted molar refractivity (Wildman–Crippen MR) is 63.1 cm³/mol. The van der Waals surface area contributed by atoms with Crippen molar-refractivity contribution >= 4 is 0 Å². The molecule has 0 aliphatic heterocycles. The number of hydrogen-bond donors (Lipinski definition) is 0. The second-order valence-corrected chi connectivity index (χ2v) is 3.69. The lowest BCUT2D eigenvalue weighted by Gasteiger charge is -2.09. The summed E-state index contributed by atoms with van der Waals surface area (Å²) in [6, 6.07) is 12.9. The molecule has 0 aliphatic carbocycles. The molecule has 0 bridgehead atoms. The second kappa shape index (κ2) is 4.35. The minimum Gasteiger partial charge on any atom is -0.493 e. The number of ether oxygens (including phenoxy) is 1. The minimum atomic E-state index is -0.333. The molecular formula is C14H13FO. The van der Waals surface area contributed by atoms with E-state index < -0.39 is 0 Å². The monoisotopic (exact) mass is 216 g/mol. The summed E-state index contributed by atoms with van der Waals surface area (Å²) in [6.07, 6.45) is 0. The molecule has 0 aliphatic rings. The normalized spacial score (nSPS) is 10.2. The highest BCUT2D eigenvalue weighted by Crippen LogP contribution is 2.31. The molecule has 0 saturated heterocycles. The van der Waals surface area contributed by atoms with E-state index in [2.05, 4.69) is 0 Å². The quantitative estimate of drug-likeness (QED) is 0.741. The highest BCUT2D eigenvalue weighted by atomic mass is 19.1. The summed E-state index contributed by atoms with van der Waals surface area (Å²) in [5.41, 5.74) is 2.92. The third-order valence-electron chi connectivity index (χ3n) is 2.53. The van der Waals surface area contributed by atoms with Crippen molar-refractivity contribution in [3.63, 3.8) is 0 Å². The maximum atomic E-state index is 13.5. The third kappa shape index (κ3) is 1.91. The number of benzene rings is 2. The van der Waals surface area contributed by atoms with Crippen LogP contribution in [0, 0.1) is 12.7 Å². The van der Waals surface area contributed by atoms with Crippen LogP contribution in [-0.4, -0.2) is 7.11 Å². The first-order valence-corrected chi connectivity index (χ1v) is 5.12. The van der Waals surface area contributed by atoms with E-state index >= 15 is 0 Å². The Morgan fingerprint density at radius 2 is 1.69 bits per heavy atom. The standard InChI is InChI=1S/C14H13FO/c1-10-6-8-11(9-7-10)12-4-3-5-13(15)14(12)16-2/h3-9H,1-2H3. The van der Waals surface area contributed by atoms with Crippen molar-refractivity contribution in [1.82, 2.24) is 0 Å². The van der Waals surface area contributed by atoms with Crippen molar-refractivity contribution in [2.45, 2.75) is 6.92 Å². The van der Waals surface area contributed by atoms with E-state index in [0.29, 0.717) is 5.75 Å². The van der Waals surface area contributed by atoms with Crippen molar-refractivity contribution in [1.29, 1.82) is 0 Å². The number of hydrogen-bond acceptors (Lipinski definition) is 1.